The van der Waals surface area contributed by atoms with Gasteiger partial charge in [0.25, 0.3) is 0 Å². The number of hydrogen-bond acceptors (Lipinski definition) is 4. The van der Waals surface area contributed by atoms with E-state index in [-0.39, 0.29) is 0 Å². The summed E-state index contributed by atoms with van der Waals surface area (Å²) in [5, 5.41) is 10.4. The summed E-state index contributed by atoms with van der Waals surface area (Å²) in [6, 6.07) is 18.1. The first-order valence-electron chi connectivity index (χ1n) is 9.08. The van der Waals surface area contributed by atoms with Crippen molar-refractivity contribution in [1.29, 1.82) is 0 Å². The highest BCUT2D eigenvalue weighted by atomic mass is 16.5. The smallest absolute Gasteiger partial charge is 0.119 e. The molecule has 0 radical (unpaired) electrons. The van der Waals surface area contributed by atoms with Crippen molar-refractivity contribution in [3.05, 3.63) is 65.7 Å². The highest BCUT2D eigenvalue weighted by Crippen LogP contribution is 2.15. The third-order valence-corrected chi connectivity index (χ3v) is 4.75. The van der Waals surface area contributed by atoms with Crippen LogP contribution < -0.4 is 4.74 Å². The van der Waals surface area contributed by atoms with E-state index in [4.69, 9.17) is 4.74 Å². The molecule has 1 atom stereocenters. The van der Waals surface area contributed by atoms with Crippen LogP contribution in [-0.4, -0.2) is 60.8 Å². The Morgan fingerprint density at radius 1 is 0.960 bits per heavy atom. The molecule has 1 saturated heterocycles. The van der Waals surface area contributed by atoms with Crippen LogP contribution in [0.4, 0.5) is 0 Å². The van der Waals surface area contributed by atoms with Gasteiger partial charge in [-0.25, -0.2) is 0 Å². The molecule has 0 saturated carbocycles. The van der Waals surface area contributed by atoms with Gasteiger partial charge in [-0.3, -0.25) is 9.80 Å². The number of rotatable bonds is 7. The van der Waals surface area contributed by atoms with Gasteiger partial charge in [0, 0.05) is 39.3 Å². The van der Waals surface area contributed by atoms with Gasteiger partial charge in [-0.2, -0.15) is 0 Å². The van der Waals surface area contributed by atoms with E-state index in [0.717, 1.165) is 50.6 Å². The van der Waals surface area contributed by atoms with Crippen LogP contribution in [0.15, 0.2) is 54.6 Å². The molecule has 25 heavy (non-hydrogen) atoms. The summed E-state index contributed by atoms with van der Waals surface area (Å²) in [5.41, 5.74) is 2.22. The topological polar surface area (TPSA) is 35.9 Å². The first kappa shape index (κ1) is 17.9. The van der Waals surface area contributed by atoms with Gasteiger partial charge in [0.15, 0.2) is 0 Å². The number of piperazine rings is 1. The van der Waals surface area contributed by atoms with Crippen LogP contribution in [0.5, 0.6) is 5.75 Å². The fourth-order valence-corrected chi connectivity index (χ4v) is 3.22. The molecule has 4 nitrogen and oxygen atoms in total. The quantitative estimate of drug-likeness (QED) is 0.841. The second-order valence-corrected chi connectivity index (χ2v) is 6.73. The van der Waals surface area contributed by atoms with Crippen LogP contribution >= 0.6 is 0 Å². The lowest BCUT2D eigenvalue weighted by molar-refractivity contribution is 0.0676. The van der Waals surface area contributed by atoms with Crippen LogP contribution in [0.2, 0.25) is 0 Å². The molecular formula is C21H28N2O2. The zero-order valence-corrected chi connectivity index (χ0v) is 15.0. The molecule has 0 bridgehead atoms. The fraction of sp³-hybridized carbons (Fsp3) is 0.429. The lowest BCUT2D eigenvalue weighted by Crippen LogP contribution is -2.48. The summed E-state index contributed by atoms with van der Waals surface area (Å²) in [7, 11) is 0. The highest BCUT2D eigenvalue weighted by Gasteiger charge is 2.19. The van der Waals surface area contributed by atoms with E-state index in [1.54, 1.807) is 0 Å². The number of aryl methyl sites for hydroxylation is 1. The predicted octanol–water partition coefficient (Wildman–Crippen LogP) is 2.73. The Bertz CT molecular complexity index is 639. The van der Waals surface area contributed by atoms with Crippen molar-refractivity contribution < 1.29 is 9.84 Å². The molecular weight excluding hydrogens is 312 g/mol. The number of aliphatic hydroxyl groups excluding tert-OH is 1. The lowest BCUT2D eigenvalue weighted by Gasteiger charge is -2.35. The van der Waals surface area contributed by atoms with E-state index >= 15 is 0 Å². The molecule has 1 heterocycles. The zero-order valence-electron chi connectivity index (χ0n) is 15.0. The molecule has 1 aliphatic heterocycles. The molecule has 1 unspecified atom stereocenters. The van der Waals surface area contributed by atoms with Crippen LogP contribution in [0.1, 0.15) is 17.2 Å². The number of hydrogen-bond donors (Lipinski definition) is 1. The predicted molar refractivity (Wildman–Crippen MR) is 101 cm³/mol. The molecule has 4 heteroatoms. The molecule has 0 amide bonds. The highest BCUT2D eigenvalue weighted by molar-refractivity contribution is 5.27. The Kier molecular flexibility index (Phi) is 6.45. The van der Waals surface area contributed by atoms with E-state index in [1.165, 1.54) is 5.56 Å². The molecule has 1 aliphatic rings. The molecule has 1 fully saturated rings. The lowest BCUT2D eigenvalue weighted by atomic mass is 10.1. The maximum absolute atomic E-state index is 10.4. The third kappa shape index (κ3) is 5.56. The number of nitrogens with zero attached hydrogens (tertiary/aromatic N) is 2. The molecule has 0 spiro atoms. The van der Waals surface area contributed by atoms with Gasteiger partial charge in [0.1, 0.15) is 12.4 Å². The normalized spacial score (nSPS) is 17.4. The fourth-order valence-electron chi connectivity index (χ4n) is 3.22. The first-order chi connectivity index (χ1) is 12.2. The zero-order chi connectivity index (χ0) is 17.5. The Labute approximate surface area is 150 Å². The van der Waals surface area contributed by atoms with Crippen molar-refractivity contribution in [3.8, 4) is 5.75 Å². The summed E-state index contributed by atoms with van der Waals surface area (Å²) in [6.07, 6.45) is -0.405. The van der Waals surface area contributed by atoms with Crippen molar-refractivity contribution in [2.45, 2.75) is 13.0 Å². The Morgan fingerprint density at radius 3 is 2.40 bits per heavy atom. The number of aliphatic hydroxyl groups is 1. The van der Waals surface area contributed by atoms with Gasteiger partial charge < -0.3 is 9.84 Å². The maximum Gasteiger partial charge on any atom is 0.119 e. The van der Waals surface area contributed by atoms with E-state index in [0.29, 0.717) is 6.54 Å². The van der Waals surface area contributed by atoms with Crippen LogP contribution in [0, 0.1) is 6.92 Å². The van der Waals surface area contributed by atoms with Gasteiger partial charge in [-0.15, -0.1) is 0 Å². The van der Waals surface area contributed by atoms with Crippen LogP contribution in [0.25, 0.3) is 0 Å². The van der Waals surface area contributed by atoms with Gasteiger partial charge in [-0.05, 0) is 30.2 Å². The number of benzene rings is 2. The van der Waals surface area contributed by atoms with E-state index in [2.05, 4.69) is 28.9 Å². The van der Waals surface area contributed by atoms with Gasteiger partial charge in [0.05, 0.1) is 6.10 Å². The van der Waals surface area contributed by atoms with Crippen molar-refractivity contribution >= 4 is 0 Å². The second-order valence-electron chi connectivity index (χ2n) is 6.73. The largest absolute Gasteiger partial charge is 0.492 e. The third-order valence-electron chi connectivity index (χ3n) is 4.75. The molecule has 3 rings (SSSR count). The standard InChI is InChI=1S/C21H28N2O2/c1-18-6-5-9-20(16-18)25-15-14-22-10-12-23(13-11-22)17-21(24)19-7-3-2-4-8-19/h2-9,16,21,24H,10-15,17H2,1H3. The van der Waals surface area contributed by atoms with Crippen LogP contribution in [-0.2, 0) is 0 Å². The SMILES string of the molecule is Cc1cccc(OCCN2CCN(CC(O)c3ccccc3)CC2)c1. The molecule has 134 valence electrons. The Hall–Kier alpha value is -1.88. The summed E-state index contributed by atoms with van der Waals surface area (Å²) in [4.78, 5) is 4.77. The number of β-amino-alcohol motifs (C(OH)–C–C–N with tert-alkyl or cyclic N) is 1. The molecule has 2 aromatic carbocycles. The summed E-state index contributed by atoms with van der Waals surface area (Å²) in [5.74, 6) is 0.949. The van der Waals surface area contributed by atoms with Crippen molar-refractivity contribution in [3.63, 3.8) is 0 Å². The molecule has 0 aliphatic carbocycles. The minimum Gasteiger partial charge on any atom is -0.492 e. The van der Waals surface area contributed by atoms with Crippen LogP contribution in [0.3, 0.4) is 0 Å². The number of ether oxygens (including phenoxy) is 1. The molecule has 0 aromatic heterocycles. The average molecular weight is 340 g/mol. The van der Waals surface area contributed by atoms with E-state index < -0.39 is 6.10 Å². The maximum atomic E-state index is 10.4. The first-order valence-corrected chi connectivity index (χ1v) is 9.08. The minimum atomic E-state index is -0.405. The van der Waals surface area contributed by atoms with Crippen molar-refractivity contribution in [2.75, 3.05) is 45.9 Å². The Morgan fingerprint density at radius 2 is 1.68 bits per heavy atom. The second kappa shape index (κ2) is 8.99. The van der Waals surface area contributed by atoms with Gasteiger partial charge in [-0.1, -0.05) is 42.5 Å². The Balaban J connectivity index is 1.36. The van der Waals surface area contributed by atoms with E-state index in [9.17, 15) is 5.11 Å². The molecule has 1 N–H and O–H groups in total. The summed E-state index contributed by atoms with van der Waals surface area (Å²) < 4.78 is 5.84. The van der Waals surface area contributed by atoms with Gasteiger partial charge >= 0.3 is 0 Å². The summed E-state index contributed by atoms with van der Waals surface area (Å²) in [6.45, 7) is 8.49. The molecule has 2 aromatic rings. The average Bonchev–Trinajstić information content (AvgIpc) is 2.64. The van der Waals surface area contributed by atoms with Gasteiger partial charge in [0.2, 0.25) is 0 Å². The summed E-state index contributed by atoms with van der Waals surface area (Å²) >= 11 is 0. The van der Waals surface area contributed by atoms with Crippen molar-refractivity contribution in [1.82, 2.24) is 9.80 Å². The monoisotopic (exact) mass is 340 g/mol. The van der Waals surface area contributed by atoms with E-state index in [1.807, 2.05) is 42.5 Å². The minimum absolute atomic E-state index is 0.405. The van der Waals surface area contributed by atoms with Crippen molar-refractivity contribution in [2.24, 2.45) is 0 Å².